The van der Waals surface area contributed by atoms with Crippen molar-refractivity contribution in [3.05, 3.63) is 16.0 Å². The second-order valence-electron chi connectivity index (χ2n) is 5.06. The van der Waals surface area contributed by atoms with E-state index in [4.69, 9.17) is 9.47 Å². The number of alkyl halides is 3. The molecule has 0 saturated heterocycles. The smallest absolute Gasteiger partial charge is 0.408 e. The fraction of sp³-hybridized carbons (Fsp3) is 0.533. The Labute approximate surface area is 151 Å². The Morgan fingerprint density at radius 1 is 1.12 bits per heavy atom. The van der Waals surface area contributed by atoms with Crippen LogP contribution in [0.3, 0.4) is 0 Å². The lowest BCUT2D eigenvalue weighted by Gasteiger charge is -2.17. The van der Waals surface area contributed by atoms with Crippen LogP contribution in [-0.2, 0) is 9.47 Å². The number of urea groups is 1. The zero-order valence-corrected chi connectivity index (χ0v) is 15.4. The van der Waals surface area contributed by atoms with Crippen molar-refractivity contribution in [1.82, 2.24) is 5.32 Å². The van der Waals surface area contributed by atoms with E-state index in [9.17, 15) is 27.6 Å². The highest BCUT2D eigenvalue weighted by Gasteiger charge is 2.37. The Kier molecular flexibility index (Phi) is 7.42. The maximum Gasteiger partial charge on any atom is 0.408 e. The number of hydrogen-bond acceptors (Lipinski definition) is 6. The van der Waals surface area contributed by atoms with E-state index in [2.05, 4.69) is 5.32 Å². The van der Waals surface area contributed by atoms with Gasteiger partial charge >= 0.3 is 24.1 Å². The normalized spacial score (nSPS) is 12.3. The monoisotopic (exact) mass is 396 g/mol. The first kappa shape index (κ1) is 21.7. The van der Waals surface area contributed by atoms with Gasteiger partial charge in [-0.05, 0) is 33.3 Å². The van der Waals surface area contributed by atoms with Crippen molar-refractivity contribution < 1.29 is 37.0 Å². The minimum atomic E-state index is -4.62. The molecule has 1 heterocycles. The Bertz CT molecular complexity index is 688. The Morgan fingerprint density at radius 2 is 1.65 bits per heavy atom. The van der Waals surface area contributed by atoms with Gasteiger partial charge in [-0.25, -0.2) is 14.4 Å². The lowest BCUT2D eigenvalue weighted by atomic mass is 10.1. The molecule has 146 valence electrons. The average Bonchev–Trinajstić information content (AvgIpc) is 2.83. The van der Waals surface area contributed by atoms with Crippen molar-refractivity contribution in [1.29, 1.82) is 0 Å². The topological polar surface area (TPSA) is 93.7 Å². The molecule has 0 saturated carbocycles. The minimum absolute atomic E-state index is 0.0413. The molecule has 1 atom stereocenters. The number of thiophene rings is 1. The summed E-state index contributed by atoms with van der Waals surface area (Å²) in [4.78, 5) is 36.0. The van der Waals surface area contributed by atoms with Gasteiger partial charge in [0.05, 0.1) is 18.8 Å². The van der Waals surface area contributed by atoms with Crippen LogP contribution in [0.25, 0.3) is 0 Å². The number of amides is 2. The highest BCUT2D eigenvalue weighted by atomic mass is 32.1. The zero-order valence-electron chi connectivity index (χ0n) is 14.6. The van der Waals surface area contributed by atoms with Crippen LogP contribution in [-0.4, -0.2) is 43.4 Å². The van der Waals surface area contributed by atoms with Crippen molar-refractivity contribution in [2.24, 2.45) is 0 Å². The summed E-state index contributed by atoms with van der Waals surface area (Å²) in [6.07, 6.45) is -4.62. The third-order valence-corrected chi connectivity index (χ3v) is 4.34. The van der Waals surface area contributed by atoms with Gasteiger partial charge in [0.2, 0.25) is 0 Å². The van der Waals surface area contributed by atoms with Gasteiger partial charge < -0.3 is 14.8 Å². The summed E-state index contributed by atoms with van der Waals surface area (Å²) in [6, 6.07) is -3.27. The van der Waals surface area contributed by atoms with Crippen LogP contribution < -0.4 is 10.6 Å². The maximum absolute atomic E-state index is 12.5. The summed E-state index contributed by atoms with van der Waals surface area (Å²) in [5, 5.41) is 3.78. The van der Waals surface area contributed by atoms with E-state index in [0.29, 0.717) is 0 Å². The Morgan fingerprint density at radius 3 is 2.15 bits per heavy atom. The predicted octanol–water partition coefficient (Wildman–Crippen LogP) is 3.48. The van der Waals surface area contributed by atoms with Gasteiger partial charge in [0.25, 0.3) is 0 Å². The van der Waals surface area contributed by atoms with E-state index in [1.54, 1.807) is 19.2 Å². The molecule has 0 bridgehead atoms. The third-order valence-electron chi connectivity index (χ3n) is 3.15. The van der Waals surface area contributed by atoms with E-state index >= 15 is 0 Å². The number of esters is 2. The van der Waals surface area contributed by atoms with Gasteiger partial charge in [0, 0.05) is 0 Å². The first-order valence-electron chi connectivity index (χ1n) is 7.64. The van der Waals surface area contributed by atoms with Crippen LogP contribution in [0.15, 0.2) is 0 Å². The second kappa shape index (κ2) is 8.88. The highest BCUT2D eigenvalue weighted by molar-refractivity contribution is 7.18. The van der Waals surface area contributed by atoms with Gasteiger partial charge in [0.1, 0.15) is 15.9 Å². The van der Waals surface area contributed by atoms with Crippen molar-refractivity contribution >= 4 is 34.3 Å². The number of anilines is 1. The molecule has 0 unspecified atom stereocenters. The fourth-order valence-electron chi connectivity index (χ4n) is 1.86. The minimum Gasteiger partial charge on any atom is -0.462 e. The van der Waals surface area contributed by atoms with Crippen LogP contribution in [0, 0.1) is 6.92 Å². The molecule has 26 heavy (non-hydrogen) atoms. The molecule has 2 N–H and O–H groups in total. The first-order valence-corrected chi connectivity index (χ1v) is 8.46. The molecule has 1 rings (SSSR count). The van der Waals surface area contributed by atoms with Crippen LogP contribution in [0.4, 0.5) is 23.0 Å². The number of carbonyl (C=O) groups is 3. The van der Waals surface area contributed by atoms with Gasteiger partial charge in [-0.1, -0.05) is 0 Å². The van der Waals surface area contributed by atoms with E-state index in [-0.39, 0.29) is 34.2 Å². The van der Waals surface area contributed by atoms with Gasteiger partial charge in [-0.3, -0.25) is 5.32 Å². The van der Waals surface area contributed by atoms with Crippen LogP contribution >= 0.6 is 11.3 Å². The van der Waals surface area contributed by atoms with Crippen molar-refractivity contribution in [2.75, 3.05) is 18.5 Å². The molecule has 0 radical (unpaired) electrons. The summed E-state index contributed by atoms with van der Waals surface area (Å²) in [6.45, 7) is 5.53. The molecule has 1 aromatic heterocycles. The molecule has 0 aromatic carbocycles. The van der Waals surface area contributed by atoms with Crippen LogP contribution in [0.2, 0.25) is 0 Å². The standard InChI is InChI=1S/C15H19F3N2O5S/c1-5-24-12(21)9-7(3)10(13(22)25-6-2)26-11(9)20-14(23)19-8(4)15(16,17)18/h8H,5-6H2,1-4H3,(H2,19,20,23)/t8-/m0/s1. The number of halogens is 3. The lowest BCUT2D eigenvalue weighted by Crippen LogP contribution is -2.45. The fourth-order valence-corrected chi connectivity index (χ4v) is 2.94. The summed E-state index contributed by atoms with van der Waals surface area (Å²) >= 11 is 0.723. The van der Waals surface area contributed by atoms with Gasteiger partial charge in [0.15, 0.2) is 0 Å². The molecule has 0 aliphatic carbocycles. The van der Waals surface area contributed by atoms with E-state index in [1.165, 1.54) is 6.92 Å². The number of carbonyl (C=O) groups excluding carboxylic acids is 3. The Hall–Kier alpha value is -2.30. The Balaban J connectivity index is 3.15. The molecule has 0 fully saturated rings. The lowest BCUT2D eigenvalue weighted by molar-refractivity contribution is -0.148. The SMILES string of the molecule is CCOC(=O)c1sc(NC(=O)N[C@@H](C)C(F)(F)F)c(C(=O)OCC)c1C. The summed E-state index contributed by atoms with van der Waals surface area (Å²) in [7, 11) is 0. The van der Waals surface area contributed by atoms with Crippen molar-refractivity contribution in [3.8, 4) is 0 Å². The molecular weight excluding hydrogens is 377 g/mol. The third kappa shape index (κ3) is 5.35. The first-order chi connectivity index (χ1) is 12.0. The summed E-state index contributed by atoms with van der Waals surface area (Å²) in [5.41, 5.74) is 0.112. The van der Waals surface area contributed by atoms with Crippen molar-refractivity contribution in [3.63, 3.8) is 0 Å². The molecule has 0 aliphatic rings. The molecule has 11 heteroatoms. The number of nitrogens with one attached hydrogen (secondary N) is 2. The van der Waals surface area contributed by atoms with Crippen LogP contribution in [0.1, 0.15) is 46.4 Å². The van der Waals surface area contributed by atoms with Crippen molar-refractivity contribution in [2.45, 2.75) is 39.9 Å². The average molecular weight is 396 g/mol. The molecular formula is C15H19F3N2O5S. The largest absolute Gasteiger partial charge is 0.462 e. The molecule has 0 spiro atoms. The molecule has 1 aromatic rings. The number of rotatable bonds is 6. The quantitative estimate of drug-likeness (QED) is 0.718. The predicted molar refractivity (Wildman–Crippen MR) is 88.6 cm³/mol. The summed E-state index contributed by atoms with van der Waals surface area (Å²) in [5.74, 6) is -1.52. The van der Waals surface area contributed by atoms with E-state index < -0.39 is 30.2 Å². The summed E-state index contributed by atoms with van der Waals surface area (Å²) < 4.78 is 47.4. The zero-order chi connectivity index (χ0) is 20.1. The van der Waals surface area contributed by atoms with Gasteiger partial charge in [-0.2, -0.15) is 13.2 Å². The molecule has 7 nitrogen and oxygen atoms in total. The van der Waals surface area contributed by atoms with E-state index in [1.807, 2.05) is 0 Å². The number of ether oxygens (including phenoxy) is 2. The van der Waals surface area contributed by atoms with Gasteiger partial charge in [-0.15, -0.1) is 11.3 Å². The van der Waals surface area contributed by atoms with E-state index in [0.717, 1.165) is 18.3 Å². The maximum atomic E-state index is 12.5. The second-order valence-corrected chi connectivity index (χ2v) is 6.08. The number of hydrogen-bond donors (Lipinski definition) is 2. The molecule has 2 amide bonds. The molecule has 0 aliphatic heterocycles. The van der Waals surface area contributed by atoms with Crippen LogP contribution in [0.5, 0.6) is 0 Å². The highest BCUT2D eigenvalue weighted by Crippen LogP contribution is 2.34.